The van der Waals surface area contributed by atoms with Crippen LogP contribution in [-0.4, -0.2) is 50.5 Å². The molecule has 3 amide bonds. The van der Waals surface area contributed by atoms with Crippen LogP contribution in [-0.2, 0) is 23.2 Å². The van der Waals surface area contributed by atoms with Crippen molar-refractivity contribution in [1.82, 2.24) is 25.0 Å². The first-order valence-corrected chi connectivity index (χ1v) is 10.3. The van der Waals surface area contributed by atoms with E-state index in [1.54, 1.807) is 35.2 Å². The third-order valence-electron chi connectivity index (χ3n) is 5.99. The Morgan fingerprint density at radius 3 is 2.75 bits per heavy atom. The van der Waals surface area contributed by atoms with Crippen molar-refractivity contribution in [2.45, 2.75) is 25.4 Å². The fourth-order valence-corrected chi connectivity index (χ4v) is 4.44. The number of nitrogens with one attached hydrogen (secondary N) is 1. The number of aryl methyl sites for hydroxylation is 1. The van der Waals surface area contributed by atoms with Gasteiger partial charge in [-0.1, -0.05) is 6.07 Å². The Kier molecular flexibility index (Phi) is 4.73. The predicted molar refractivity (Wildman–Crippen MR) is 114 cm³/mol. The van der Waals surface area contributed by atoms with E-state index < -0.39 is 11.9 Å². The second-order valence-electron chi connectivity index (χ2n) is 7.86. The molecular formula is C23H21N5O4. The summed E-state index contributed by atoms with van der Waals surface area (Å²) in [6.45, 7) is 0.320. The molecule has 2 aromatic heterocycles. The molecule has 2 aliphatic rings. The largest absolute Gasteiger partial charge is 0.481 e. The molecule has 1 saturated heterocycles. The Morgan fingerprint density at radius 1 is 1.12 bits per heavy atom. The van der Waals surface area contributed by atoms with Crippen LogP contribution in [0.3, 0.4) is 0 Å². The Hall–Kier alpha value is -4.01. The average Bonchev–Trinajstić information content (AvgIpc) is 3.33. The van der Waals surface area contributed by atoms with Gasteiger partial charge in [0.05, 0.1) is 24.6 Å². The summed E-state index contributed by atoms with van der Waals surface area (Å²) in [7, 11) is 3.43. The lowest BCUT2D eigenvalue weighted by molar-refractivity contribution is -0.136. The second kappa shape index (κ2) is 7.60. The zero-order valence-corrected chi connectivity index (χ0v) is 17.7. The monoisotopic (exact) mass is 431 g/mol. The van der Waals surface area contributed by atoms with Crippen LogP contribution in [0.2, 0.25) is 0 Å². The number of imide groups is 1. The van der Waals surface area contributed by atoms with Gasteiger partial charge in [0, 0.05) is 37.3 Å². The Labute approximate surface area is 184 Å². The van der Waals surface area contributed by atoms with Crippen molar-refractivity contribution < 1.29 is 19.1 Å². The standard InChI is InChI=1S/C23H21N5O4/c1-27-20(16-4-3-9-24-22(16)32-2)17(11-25-27)13-5-6-15-14(10-13)12-28(23(15)31)18-7-8-19(29)26-21(18)30/h3-6,9-11,18H,7-8,12H2,1-2H3,(H,26,29,30)/t18-/m0/s1. The molecule has 32 heavy (non-hydrogen) atoms. The molecule has 0 bridgehead atoms. The molecule has 0 aliphatic carbocycles. The number of piperidine rings is 1. The summed E-state index contributed by atoms with van der Waals surface area (Å²) in [6.07, 6.45) is 4.01. The number of hydrogen-bond donors (Lipinski definition) is 1. The lowest BCUT2D eigenvalue weighted by atomic mass is 9.98. The fraction of sp³-hybridized carbons (Fsp3) is 0.261. The summed E-state index contributed by atoms with van der Waals surface area (Å²) in [5.74, 6) is -0.410. The van der Waals surface area contributed by atoms with Gasteiger partial charge in [-0.25, -0.2) is 4.98 Å². The van der Waals surface area contributed by atoms with Crippen molar-refractivity contribution in [3.05, 3.63) is 53.9 Å². The molecule has 1 aromatic carbocycles. The van der Waals surface area contributed by atoms with E-state index in [1.807, 2.05) is 31.3 Å². The maximum absolute atomic E-state index is 13.0. The van der Waals surface area contributed by atoms with Gasteiger partial charge in [-0.3, -0.25) is 24.4 Å². The molecule has 1 atom stereocenters. The van der Waals surface area contributed by atoms with Gasteiger partial charge in [0.1, 0.15) is 6.04 Å². The van der Waals surface area contributed by atoms with Crippen LogP contribution < -0.4 is 10.1 Å². The number of fused-ring (bicyclic) bond motifs is 1. The molecule has 2 aliphatic heterocycles. The van der Waals surface area contributed by atoms with Crippen LogP contribution in [0, 0.1) is 0 Å². The highest BCUT2D eigenvalue weighted by Gasteiger charge is 2.39. The zero-order chi connectivity index (χ0) is 22.4. The molecule has 0 unspecified atom stereocenters. The van der Waals surface area contributed by atoms with Gasteiger partial charge in [0.15, 0.2) is 0 Å². The number of hydrogen-bond acceptors (Lipinski definition) is 6. The van der Waals surface area contributed by atoms with Crippen LogP contribution in [0.4, 0.5) is 0 Å². The lowest BCUT2D eigenvalue weighted by Gasteiger charge is -2.29. The molecule has 0 saturated carbocycles. The van der Waals surface area contributed by atoms with Crippen molar-refractivity contribution in [2.75, 3.05) is 7.11 Å². The molecule has 0 spiro atoms. The van der Waals surface area contributed by atoms with Gasteiger partial charge < -0.3 is 9.64 Å². The number of carbonyl (C=O) groups excluding carboxylic acids is 3. The molecule has 9 nitrogen and oxygen atoms in total. The summed E-state index contributed by atoms with van der Waals surface area (Å²) in [5.41, 5.74) is 4.85. The topological polar surface area (TPSA) is 106 Å². The van der Waals surface area contributed by atoms with Gasteiger partial charge in [-0.15, -0.1) is 0 Å². The van der Waals surface area contributed by atoms with E-state index in [1.165, 1.54) is 0 Å². The van der Waals surface area contributed by atoms with E-state index >= 15 is 0 Å². The Bertz CT molecular complexity index is 1270. The Morgan fingerprint density at radius 2 is 1.97 bits per heavy atom. The van der Waals surface area contributed by atoms with Crippen LogP contribution >= 0.6 is 0 Å². The highest BCUT2D eigenvalue weighted by Crippen LogP contribution is 2.38. The minimum atomic E-state index is -0.635. The van der Waals surface area contributed by atoms with Crippen LogP contribution in [0.15, 0.2) is 42.7 Å². The number of amides is 3. The maximum atomic E-state index is 13.0. The van der Waals surface area contributed by atoms with E-state index in [0.717, 1.165) is 27.9 Å². The van der Waals surface area contributed by atoms with Crippen molar-refractivity contribution >= 4 is 17.7 Å². The van der Waals surface area contributed by atoms with Crippen molar-refractivity contribution in [1.29, 1.82) is 0 Å². The number of ether oxygens (including phenoxy) is 1. The number of carbonyl (C=O) groups is 3. The number of methoxy groups -OCH3 is 1. The number of pyridine rings is 1. The summed E-state index contributed by atoms with van der Waals surface area (Å²) in [4.78, 5) is 42.6. The van der Waals surface area contributed by atoms with Gasteiger partial charge in [-0.2, -0.15) is 5.10 Å². The number of rotatable bonds is 4. The SMILES string of the molecule is COc1ncccc1-c1c(-c2ccc3c(c2)CN([C@H]2CCC(=O)NC2=O)C3=O)cnn1C. The minimum absolute atomic E-state index is 0.193. The van der Waals surface area contributed by atoms with Crippen molar-refractivity contribution in [3.63, 3.8) is 0 Å². The molecule has 9 heteroatoms. The molecule has 4 heterocycles. The smallest absolute Gasteiger partial charge is 0.255 e. The summed E-state index contributed by atoms with van der Waals surface area (Å²) < 4.78 is 7.20. The molecule has 0 radical (unpaired) electrons. The third-order valence-corrected chi connectivity index (χ3v) is 5.99. The van der Waals surface area contributed by atoms with Gasteiger partial charge in [-0.05, 0) is 41.8 Å². The summed E-state index contributed by atoms with van der Waals surface area (Å²) in [6, 6.07) is 8.76. The molecule has 1 N–H and O–H groups in total. The van der Waals surface area contributed by atoms with Crippen molar-refractivity contribution in [2.24, 2.45) is 7.05 Å². The van der Waals surface area contributed by atoms with E-state index in [9.17, 15) is 14.4 Å². The van der Waals surface area contributed by atoms with Crippen molar-refractivity contribution in [3.8, 4) is 28.3 Å². The summed E-state index contributed by atoms with van der Waals surface area (Å²) in [5, 5.41) is 6.76. The summed E-state index contributed by atoms with van der Waals surface area (Å²) >= 11 is 0. The first kappa shape index (κ1) is 19.9. The molecule has 1 fully saturated rings. The first-order chi connectivity index (χ1) is 15.5. The van der Waals surface area contributed by atoms with E-state index in [2.05, 4.69) is 15.4 Å². The second-order valence-corrected chi connectivity index (χ2v) is 7.86. The highest BCUT2D eigenvalue weighted by atomic mass is 16.5. The number of benzene rings is 1. The molecule has 3 aromatic rings. The van der Waals surface area contributed by atoms with Gasteiger partial charge >= 0.3 is 0 Å². The predicted octanol–water partition coefficient (Wildman–Crippen LogP) is 1.92. The number of aromatic nitrogens is 3. The lowest BCUT2D eigenvalue weighted by Crippen LogP contribution is -2.52. The molecular weight excluding hydrogens is 410 g/mol. The normalized spacial score (nSPS) is 18.0. The van der Waals surface area contributed by atoms with Gasteiger partial charge in [0.2, 0.25) is 17.7 Å². The highest BCUT2D eigenvalue weighted by molar-refractivity contribution is 6.05. The Balaban J connectivity index is 1.51. The van der Waals surface area contributed by atoms with E-state index in [0.29, 0.717) is 24.4 Å². The van der Waals surface area contributed by atoms with Crippen LogP contribution in [0.1, 0.15) is 28.8 Å². The van der Waals surface area contributed by atoms with E-state index in [-0.39, 0.29) is 18.2 Å². The first-order valence-electron chi connectivity index (χ1n) is 10.3. The molecule has 162 valence electrons. The fourth-order valence-electron chi connectivity index (χ4n) is 4.44. The van der Waals surface area contributed by atoms with Crippen LogP contribution in [0.25, 0.3) is 22.4 Å². The van der Waals surface area contributed by atoms with E-state index in [4.69, 9.17) is 4.74 Å². The number of nitrogens with zero attached hydrogens (tertiary/aromatic N) is 4. The average molecular weight is 431 g/mol. The minimum Gasteiger partial charge on any atom is -0.481 e. The zero-order valence-electron chi connectivity index (χ0n) is 17.7. The maximum Gasteiger partial charge on any atom is 0.255 e. The van der Waals surface area contributed by atoms with Gasteiger partial charge in [0.25, 0.3) is 5.91 Å². The molecule has 5 rings (SSSR count). The quantitative estimate of drug-likeness (QED) is 0.633. The third kappa shape index (κ3) is 3.13. The van der Waals surface area contributed by atoms with Crippen LogP contribution in [0.5, 0.6) is 5.88 Å².